The van der Waals surface area contributed by atoms with Crippen LogP contribution < -0.4 is 10.6 Å². The Morgan fingerprint density at radius 1 is 1.04 bits per heavy atom. The standard InChI is InChI=1S/C17H15ClN4O/c18-12-5-7-13(8-6-12)22-16(23)9-10-19-17-14-3-1-2-4-15(14)20-11-21-17/h1-8,11H,9-10H2,(H,22,23)(H,19,20,21). The Morgan fingerprint density at radius 3 is 2.65 bits per heavy atom. The molecule has 23 heavy (non-hydrogen) atoms. The summed E-state index contributed by atoms with van der Waals surface area (Å²) < 4.78 is 0. The van der Waals surface area contributed by atoms with Crippen LogP contribution >= 0.6 is 11.6 Å². The number of carbonyl (C=O) groups is 1. The van der Waals surface area contributed by atoms with E-state index in [2.05, 4.69) is 20.6 Å². The first-order chi connectivity index (χ1) is 11.2. The largest absolute Gasteiger partial charge is 0.369 e. The average molecular weight is 327 g/mol. The van der Waals surface area contributed by atoms with Crippen LogP contribution in [-0.4, -0.2) is 22.4 Å². The maximum Gasteiger partial charge on any atom is 0.226 e. The topological polar surface area (TPSA) is 66.9 Å². The molecule has 0 spiro atoms. The van der Waals surface area contributed by atoms with Gasteiger partial charge in [0.15, 0.2) is 0 Å². The van der Waals surface area contributed by atoms with Crippen molar-refractivity contribution in [1.82, 2.24) is 9.97 Å². The lowest BCUT2D eigenvalue weighted by Gasteiger charge is -2.08. The van der Waals surface area contributed by atoms with Gasteiger partial charge in [0.1, 0.15) is 12.1 Å². The second-order valence-corrected chi connectivity index (χ2v) is 5.41. The van der Waals surface area contributed by atoms with Gasteiger partial charge in [-0.2, -0.15) is 0 Å². The van der Waals surface area contributed by atoms with Crippen LogP contribution in [0.15, 0.2) is 54.9 Å². The predicted octanol–water partition coefficient (Wildman–Crippen LogP) is 3.72. The minimum absolute atomic E-state index is 0.0711. The van der Waals surface area contributed by atoms with E-state index < -0.39 is 0 Å². The summed E-state index contributed by atoms with van der Waals surface area (Å²) in [5.74, 6) is 0.660. The number of benzene rings is 2. The average Bonchev–Trinajstić information content (AvgIpc) is 2.57. The van der Waals surface area contributed by atoms with Crippen LogP contribution in [0.5, 0.6) is 0 Å². The number of fused-ring (bicyclic) bond motifs is 1. The number of aromatic nitrogens is 2. The van der Waals surface area contributed by atoms with Crippen LogP contribution in [0.25, 0.3) is 10.9 Å². The van der Waals surface area contributed by atoms with Gasteiger partial charge in [-0.05, 0) is 36.4 Å². The van der Waals surface area contributed by atoms with Gasteiger partial charge in [0, 0.05) is 29.1 Å². The first kappa shape index (κ1) is 15.2. The molecule has 0 aliphatic heterocycles. The summed E-state index contributed by atoms with van der Waals surface area (Å²) in [4.78, 5) is 20.4. The van der Waals surface area contributed by atoms with Crippen LogP contribution in [0, 0.1) is 0 Å². The van der Waals surface area contributed by atoms with E-state index >= 15 is 0 Å². The highest BCUT2D eigenvalue weighted by molar-refractivity contribution is 6.30. The third-order valence-corrected chi connectivity index (χ3v) is 3.57. The molecule has 116 valence electrons. The number of amides is 1. The number of rotatable bonds is 5. The number of nitrogens with zero attached hydrogens (tertiary/aromatic N) is 2. The van der Waals surface area contributed by atoms with E-state index in [4.69, 9.17) is 11.6 Å². The van der Waals surface area contributed by atoms with Gasteiger partial charge in [-0.1, -0.05) is 23.7 Å². The molecule has 3 aromatic rings. The number of para-hydroxylation sites is 1. The summed E-state index contributed by atoms with van der Waals surface area (Å²) in [7, 11) is 0. The third kappa shape index (κ3) is 3.96. The molecule has 1 heterocycles. The molecular weight excluding hydrogens is 312 g/mol. The van der Waals surface area contributed by atoms with Crippen molar-refractivity contribution in [3.05, 3.63) is 59.9 Å². The van der Waals surface area contributed by atoms with E-state index in [-0.39, 0.29) is 5.91 Å². The van der Waals surface area contributed by atoms with Crippen molar-refractivity contribution in [2.45, 2.75) is 6.42 Å². The molecule has 3 rings (SSSR count). The molecule has 0 bridgehead atoms. The first-order valence-electron chi connectivity index (χ1n) is 7.21. The van der Waals surface area contributed by atoms with E-state index in [1.807, 2.05) is 24.3 Å². The fourth-order valence-electron chi connectivity index (χ4n) is 2.20. The number of hydrogen-bond acceptors (Lipinski definition) is 4. The number of anilines is 2. The number of carbonyl (C=O) groups excluding carboxylic acids is 1. The Balaban J connectivity index is 1.56. The second-order valence-electron chi connectivity index (χ2n) is 4.97. The molecule has 2 N–H and O–H groups in total. The van der Waals surface area contributed by atoms with Crippen LogP contribution in [0.4, 0.5) is 11.5 Å². The van der Waals surface area contributed by atoms with Crippen molar-refractivity contribution < 1.29 is 4.79 Å². The molecule has 0 aliphatic rings. The zero-order valence-corrected chi connectivity index (χ0v) is 13.0. The van der Waals surface area contributed by atoms with Gasteiger partial charge in [-0.15, -0.1) is 0 Å². The lowest BCUT2D eigenvalue weighted by Crippen LogP contribution is -2.16. The maximum atomic E-state index is 11.9. The van der Waals surface area contributed by atoms with Gasteiger partial charge < -0.3 is 10.6 Å². The lowest BCUT2D eigenvalue weighted by molar-refractivity contribution is -0.115. The first-order valence-corrected chi connectivity index (χ1v) is 7.59. The van der Waals surface area contributed by atoms with Crippen molar-refractivity contribution in [2.75, 3.05) is 17.2 Å². The highest BCUT2D eigenvalue weighted by atomic mass is 35.5. The fraction of sp³-hybridized carbons (Fsp3) is 0.118. The minimum atomic E-state index is -0.0711. The summed E-state index contributed by atoms with van der Waals surface area (Å²) in [5, 5.41) is 7.58. The zero-order valence-electron chi connectivity index (χ0n) is 12.3. The molecule has 0 aliphatic carbocycles. The zero-order chi connectivity index (χ0) is 16.1. The molecular formula is C17H15ClN4O. The summed E-state index contributed by atoms with van der Waals surface area (Å²) >= 11 is 5.81. The van der Waals surface area contributed by atoms with Crippen LogP contribution in [0.1, 0.15) is 6.42 Å². The number of halogens is 1. The SMILES string of the molecule is O=C(CCNc1ncnc2ccccc12)Nc1ccc(Cl)cc1. The Bertz CT molecular complexity index is 815. The van der Waals surface area contributed by atoms with Gasteiger partial charge in [0.2, 0.25) is 5.91 Å². The highest BCUT2D eigenvalue weighted by Crippen LogP contribution is 2.18. The summed E-state index contributed by atoms with van der Waals surface area (Å²) in [6.07, 6.45) is 1.85. The quantitative estimate of drug-likeness (QED) is 0.749. The Morgan fingerprint density at radius 2 is 1.83 bits per heavy atom. The predicted molar refractivity (Wildman–Crippen MR) is 92.7 cm³/mol. The Kier molecular flexibility index (Phi) is 4.68. The second kappa shape index (κ2) is 7.07. The molecule has 2 aromatic carbocycles. The Hall–Kier alpha value is -2.66. The van der Waals surface area contributed by atoms with Gasteiger partial charge in [-0.25, -0.2) is 9.97 Å². The van der Waals surface area contributed by atoms with E-state index in [0.717, 1.165) is 22.4 Å². The van der Waals surface area contributed by atoms with Gasteiger partial charge in [-0.3, -0.25) is 4.79 Å². The molecule has 1 aromatic heterocycles. The molecule has 0 saturated carbocycles. The number of nitrogens with one attached hydrogen (secondary N) is 2. The third-order valence-electron chi connectivity index (χ3n) is 3.32. The number of hydrogen-bond donors (Lipinski definition) is 2. The van der Waals surface area contributed by atoms with Crippen molar-refractivity contribution in [1.29, 1.82) is 0 Å². The van der Waals surface area contributed by atoms with E-state index in [1.54, 1.807) is 24.3 Å². The lowest BCUT2D eigenvalue weighted by atomic mass is 10.2. The smallest absolute Gasteiger partial charge is 0.226 e. The summed E-state index contributed by atoms with van der Waals surface area (Å²) in [6, 6.07) is 14.8. The van der Waals surface area contributed by atoms with Crippen molar-refractivity contribution in [2.24, 2.45) is 0 Å². The normalized spacial score (nSPS) is 10.5. The molecule has 0 unspecified atom stereocenters. The minimum Gasteiger partial charge on any atom is -0.369 e. The maximum absolute atomic E-state index is 11.9. The molecule has 0 fully saturated rings. The molecule has 0 atom stereocenters. The van der Waals surface area contributed by atoms with Crippen LogP contribution in [0.2, 0.25) is 5.02 Å². The summed E-state index contributed by atoms with van der Waals surface area (Å²) in [6.45, 7) is 0.487. The fourth-order valence-corrected chi connectivity index (χ4v) is 2.32. The van der Waals surface area contributed by atoms with E-state index in [0.29, 0.717) is 18.0 Å². The van der Waals surface area contributed by atoms with Crippen molar-refractivity contribution >= 4 is 39.9 Å². The van der Waals surface area contributed by atoms with E-state index in [9.17, 15) is 4.79 Å². The Labute approximate surface area is 138 Å². The molecule has 5 nitrogen and oxygen atoms in total. The van der Waals surface area contributed by atoms with Crippen molar-refractivity contribution in [3.8, 4) is 0 Å². The molecule has 6 heteroatoms. The van der Waals surface area contributed by atoms with E-state index in [1.165, 1.54) is 6.33 Å². The molecule has 0 saturated heterocycles. The highest BCUT2D eigenvalue weighted by Gasteiger charge is 2.05. The van der Waals surface area contributed by atoms with Crippen molar-refractivity contribution in [3.63, 3.8) is 0 Å². The van der Waals surface area contributed by atoms with Gasteiger partial charge in [0.05, 0.1) is 5.52 Å². The van der Waals surface area contributed by atoms with Crippen LogP contribution in [-0.2, 0) is 4.79 Å². The van der Waals surface area contributed by atoms with Gasteiger partial charge in [0.25, 0.3) is 0 Å². The summed E-state index contributed by atoms with van der Waals surface area (Å²) in [5.41, 5.74) is 1.60. The molecule has 0 radical (unpaired) electrons. The van der Waals surface area contributed by atoms with Crippen LogP contribution in [0.3, 0.4) is 0 Å². The molecule has 1 amide bonds. The monoisotopic (exact) mass is 326 g/mol. The van der Waals surface area contributed by atoms with Gasteiger partial charge >= 0.3 is 0 Å².